The van der Waals surface area contributed by atoms with Crippen molar-refractivity contribution >= 4 is 33.7 Å². The largest absolute Gasteiger partial charge is 0.309 e. The minimum Gasteiger partial charge on any atom is -0.309 e. The number of anilines is 3. The lowest BCUT2D eigenvalue weighted by Crippen LogP contribution is -2.20. The predicted octanol–water partition coefficient (Wildman–Crippen LogP) is 7.59. The zero-order chi connectivity index (χ0) is 24.4. The third-order valence-electron chi connectivity index (χ3n) is 6.58. The predicted molar refractivity (Wildman–Crippen MR) is 143 cm³/mol. The van der Waals surface area contributed by atoms with Crippen LogP contribution in [-0.4, -0.2) is 10.2 Å². The highest BCUT2D eigenvalue weighted by molar-refractivity contribution is 8.09. The van der Waals surface area contributed by atoms with E-state index >= 15 is 0 Å². The van der Waals surface area contributed by atoms with Gasteiger partial charge < -0.3 is 4.90 Å². The normalized spacial score (nSPS) is 17.4. The molecule has 5 rings (SSSR count). The summed E-state index contributed by atoms with van der Waals surface area (Å²) in [6.07, 6.45) is 8.38. The number of fused-ring (bicyclic) bond motifs is 2. The topological polar surface area (TPSA) is 63.7 Å². The van der Waals surface area contributed by atoms with E-state index in [0.717, 1.165) is 29.2 Å². The summed E-state index contributed by atoms with van der Waals surface area (Å²) < 4.78 is 0. The van der Waals surface area contributed by atoms with Gasteiger partial charge in [0.15, 0.2) is 0 Å². The van der Waals surface area contributed by atoms with E-state index in [-0.39, 0.29) is 16.2 Å². The summed E-state index contributed by atoms with van der Waals surface area (Å²) in [6.45, 7) is 4.57. The van der Waals surface area contributed by atoms with Crippen LogP contribution in [0.2, 0.25) is 0 Å². The molecule has 2 aromatic carbocycles. The molecule has 1 aliphatic carbocycles. The first kappa shape index (κ1) is 22.7. The van der Waals surface area contributed by atoms with Crippen LogP contribution < -0.4 is 4.90 Å². The van der Waals surface area contributed by atoms with E-state index in [0.29, 0.717) is 0 Å². The van der Waals surface area contributed by atoms with Crippen LogP contribution in [0, 0.1) is 22.7 Å². The summed E-state index contributed by atoms with van der Waals surface area (Å²) in [5, 5.41) is 18.1. The van der Waals surface area contributed by atoms with E-state index < -0.39 is 0 Å². The van der Waals surface area contributed by atoms with Gasteiger partial charge in [-0.05, 0) is 54.0 Å². The van der Waals surface area contributed by atoms with Crippen LogP contribution in [-0.2, 0) is 5.41 Å². The molecule has 0 saturated carbocycles. The first-order valence-corrected chi connectivity index (χ1v) is 12.4. The number of thioether (sulfide) groups is 1. The van der Waals surface area contributed by atoms with Crippen LogP contribution in [0.25, 0.3) is 4.91 Å². The minimum atomic E-state index is -0.122. The Kier molecular flexibility index (Phi) is 6.03. The third-order valence-corrected chi connectivity index (χ3v) is 7.88. The monoisotopic (exact) mass is 472 g/mol. The SMILES string of the molecule is CC1(C)C2=C(SC(/C=C/C=C(C#N)C#N)C2)c2ncc(N(c3ccccc3)c3ccccc3)cc21. The van der Waals surface area contributed by atoms with Gasteiger partial charge in [-0.2, -0.15) is 10.5 Å². The van der Waals surface area contributed by atoms with Gasteiger partial charge in [-0.1, -0.05) is 62.4 Å². The molecule has 2 aliphatic rings. The summed E-state index contributed by atoms with van der Waals surface area (Å²) in [7, 11) is 0. The van der Waals surface area contributed by atoms with Crippen molar-refractivity contribution in [2.45, 2.75) is 30.9 Å². The van der Waals surface area contributed by atoms with Gasteiger partial charge in [-0.25, -0.2) is 0 Å². The Morgan fingerprint density at radius 2 is 1.63 bits per heavy atom. The van der Waals surface area contributed by atoms with E-state index in [1.165, 1.54) is 16.0 Å². The highest BCUT2D eigenvalue weighted by Crippen LogP contribution is 2.58. The first-order valence-electron chi connectivity index (χ1n) is 11.5. The molecule has 0 radical (unpaired) electrons. The fourth-order valence-electron chi connectivity index (χ4n) is 4.78. The molecular formula is C30H24N4S. The van der Waals surface area contributed by atoms with Gasteiger partial charge in [-0.3, -0.25) is 4.98 Å². The maximum atomic E-state index is 8.93. The molecule has 0 N–H and O–H groups in total. The first-order chi connectivity index (χ1) is 17.0. The second-order valence-electron chi connectivity index (χ2n) is 9.08. The van der Waals surface area contributed by atoms with E-state index in [4.69, 9.17) is 15.5 Å². The lowest BCUT2D eigenvalue weighted by Gasteiger charge is -2.29. The minimum absolute atomic E-state index is 0.117. The van der Waals surface area contributed by atoms with Gasteiger partial charge in [0.2, 0.25) is 0 Å². The molecule has 0 amide bonds. The number of benzene rings is 2. The Morgan fingerprint density at radius 1 is 1.00 bits per heavy atom. The van der Waals surface area contributed by atoms with Crippen molar-refractivity contribution in [1.82, 2.24) is 4.98 Å². The van der Waals surface area contributed by atoms with Crippen molar-refractivity contribution in [2.24, 2.45) is 0 Å². The quantitative estimate of drug-likeness (QED) is 0.283. The molecule has 0 bridgehead atoms. The van der Waals surface area contributed by atoms with Crippen molar-refractivity contribution in [3.05, 3.63) is 114 Å². The van der Waals surface area contributed by atoms with Crippen LogP contribution in [0.5, 0.6) is 0 Å². The van der Waals surface area contributed by atoms with Gasteiger partial charge in [0.05, 0.1) is 17.6 Å². The van der Waals surface area contributed by atoms with E-state index in [1.807, 2.05) is 48.3 Å². The molecule has 1 aromatic heterocycles. The number of nitrogens with zero attached hydrogens (tertiary/aromatic N) is 4. The van der Waals surface area contributed by atoms with E-state index in [2.05, 4.69) is 79.4 Å². The van der Waals surface area contributed by atoms with Crippen LogP contribution in [0.15, 0.2) is 102 Å². The van der Waals surface area contributed by atoms with Crippen molar-refractivity contribution in [3.63, 3.8) is 0 Å². The standard InChI is InChI=1S/C30H24N4S/c1-30(2)26-16-24(34(22-11-5-3-6-12-22)23-13-7-4-8-14-23)20-33-28(26)29-27(30)17-25(35-29)15-9-10-21(18-31)19-32/h3-16,20,25H,17H2,1-2H3/b15-9+. The summed E-state index contributed by atoms with van der Waals surface area (Å²) in [4.78, 5) is 8.51. The Labute approximate surface area is 210 Å². The second-order valence-corrected chi connectivity index (χ2v) is 10.3. The zero-order valence-electron chi connectivity index (χ0n) is 19.6. The molecule has 170 valence electrons. The molecule has 1 atom stereocenters. The molecule has 3 aromatic rings. The third kappa shape index (κ3) is 4.16. The fourth-order valence-corrected chi connectivity index (χ4v) is 6.25. The molecule has 1 unspecified atom stereocenters. The Morgan fingerprint density at radius 3 is 2.23 bits per heavy atom. The smallest absolute Gasteiger partial charge is 0.129 e. The number of allylic oxidation sites excluding steroid dienone is 4. The number of nitriles is 2. The van der Waals surface area contributed by atoms with Gasteiger partial charge >= 0.3 is 0 Å². The highest BCUT2D eigenvalue weighted by Gasteiger charge is 2.44. The van der Waals surface area contributed by atoms with Gasteiger partial charge in [0, 0.05) is 26.9 Å². The van der Waals surface area contributed by atoms with Crippen molar-refractivity contribution in [2.75, 3.05) is 4.90 Å². The number of hydrogen-bond acceptors (Lipinski definition) is 5. The molecule has 2 heterocycles. The number of aromatic nitrogens is 1. The molecule has 4 nitrogen and oxygen atoms in total. The van der Waals surface area contributed by atoms with Crippen molar-refractivity contribution < 1.29 is 0 Å². The number of pyridine rings is 1. The van der Waals surface area contributed by atoms with Crippen LogP contribution in [0.4, 0.5) is 17.1 Å². The molecule has 0 saturated heterocycles. The summed E-state index contributed by atoms with van der Waals surface area (Å²) in [5.74, 6) is 0. The average molecular weight is 473 g/mol. The van der Waals surface area contributed by atoms with Crippen LogP contribution in [0.3, 0.4) is 0 Å². The van der Waals surface area contributed by atoms with Crippen LogP contribution in [0.1, 0.15) is 31.5 Å². The maximum Gasteiger partial charge on any atom is 0.129 e. The highest BCUT2D eigenvalue weighted by atomic mass is 32.2. The Hall–Kier alpha value is -4.06. The zero-order valence-corrected chi connectivity index (χ0v) is 20.5. The summed E-state index contributed by atoms with van der Waals surface area (Å²) in [5.41, 5.74) is 6.96. The van der Waals surface area contributed by atoms with Gasteiger partial charge in [0.25, 0.3) is 0 Å². The Bertz CT molecular complexity index is 1380. The fraction of sp³-hybridized carbons (Fsp3) is 0.167. The van der Waals surface area contributed by atoms with Crippen molar-refractivity contribution in [3.8, 4) is 12.1 Å². The number of hydrogen-bond donors (Lipinski definition) is 0. The lowest BCUT2D eigenvalue weighted by molar-refractivity contribution is 0.612. The molecular weight excluding hydrogens is 448 g/mol. The molecule has 5 heteroatoms. The summed E-state index contributed by atoms with van der Waals surface area (Å²) >= 11 is 1.82. The van der Waals surface area contributed by atoms with Crippen molar-refractivity contribution in [1.29, 1.82) is 10.5 Å². The molecule has 35 heavy (non-hydrogen) atoms. The molecule has 0 spiro atoms. The van der Waals surface area contributed by atoms with E-state index in [9.17, 15) is 0 Å². The molecule has 1 aliphatic heterocycles. The van der Waals surface area contributed by atoms with Crippen LogP contribution >= 0.6 is 11.8 Å². The maximum absolute atomic E-state index is 8.93. The number of para-hydroxylation sites is 2. The second kappa shape index (κ2) is 9.29. The van der Waals surface area contributed by atoms with Gasteiger partial charge in [-0.15, -0.1) is 11.8 Å². The Balaban J connectivity index is 1.48. The average Bonchev–Trinajstić information content (AvgIpc) is 3.40. The summed E-state index contributed by atoms with van der Waals surface area (Å²) in [6, 6.07) is 26.9. The van der Waals surface area contributed by atoms with Gasteiger partial charge in [0.1, 0.15) is 17.7 Å². The molecule has 0 fully saturated rings. The lowest BCUT2D eigenvalue weighted by atomic mass is 9.80. The van der Waals surface area contributed by atoms with E-state index in [1.54, 1.807) is 6.08 Å². The number of rotatable bonds is 5.